The minimum atomic E-state index is -0.133. The summed E-state index contributed by atoms with van der Waals surface area (Å²) in [5.74, 6) is 0. The van der Waals surface area contributed by atoms with Gasteiger partial charge in [-0.2, -0.15) is 0 Å². The van der Waals surface area contributed by atoms with E-state index in [0.29, 0.717) is 13.1 Å². The third-order valence-electron chi connectivity index (χ3n) is 3.95. The molecule has 122 valence electrons. The van der Waals surface area contributed by atoms with E-state index in [1.165, 1.54) is 5.56 Å². The predicted octanol–water partition coefficient (Wildman–Crippen LogP) is 2.12. The fourth-order valence-electron chi connectivity index (χ4n) is 2.52. The molecule has 1 aliphatic rings. The molecule has 0 saturated carbocycles. The van der Waals surface area contributed by atoms with Crippen LogP contribution in [0, 0.1) is 0 Å². The topological polar surface area (TPSA) is 53.6 Å². The summed E-state index contributed by atoms with van der Waals surface area (Å²) in [5, 5.41) is 5.77. The Kier molecular flexibility index (Phi) is 6.68. The number of benzene rings is 1. The van der Waals surface area contributed by atoms with Crippen molar-refractivity contribution in [3.63, 3.8) is 0 Å². The summed E-state index contributed by atoms with van der Waals surface area (Å²) in [6, 6.07) is 8.21. The van der Waals surface area contributed by atoms with Crippen LogP contribution in [0.2, 0.25) is 0 Å². The molecule has 0 radical (unpaired) electrons. The van der Waals surface area contributed by atoms with Crippen molar-refractivity contribution in [2.75, 3.05) is 26.7 Å². The van der Waals surface area contributed by atoms with Gasteiger partial charge in [-0.3, -0.25) is 0 Å². The van der Waals surface area contributed by atoms with E-state index in [-0.39, 0.29) is 12.1 Å². The molecule has 2 rings (SSSR count). The molecule has 0 aliphatic carbocycles. The van der Waals surface area contributed by atoms with E-state index in [0.717, 1.165) is 38.1 Å². The summed E-state index contributed by atoms with van der Waals surface area (Å²) in [6.45, 7) is 6.04. The molecule has 1 fully saturated rings. The minimum Gasteiger partial charge on any atom is -0.376 e. The molecule has 0 unspecified atom stereocenters. The number of hydrogen-bond donors (Lipinski definition) is 2. The second-order valence-corrected chi connectivity index (χ2v) is 5.85. The van der Waals surface area contributed by atoms with Gasteiger partial charge in [-0.15, -0.1) is 0 Å². The lowest BCUT2D eigenvalue weighted by Crippen LogP contribution is -2.39. The third-order valence-corrected chi connectivity index (χ3v) is 3.95. The van der Waals surface area contributed by atoms with Gasteiger partial charge in [-0.05, 0) is 37.6 Å². The SMILES string of the molecule is CCN(C)Cc1cccc(CNC(=O)NC[C@H]2CCCO2)c1. The van der Waals surface area contributed by atoms with Gasteiger partial charge in [0.05, 0.1) is 6.10 Å². The monoisotopic (exact) mass is 305 g/mol. The van der Waals surface area contributed by atoms with Crippen LogP contribution in [0.1, 0.15) is 30.9 Å². The molecule has 5 nitrogen and oxygen atoms in total. The van der Waals surface area contributed by atoms with E-state index < -0.39 is 0 Å². The Morgan fingerprint density at radius 2 is 2.18 bits per heavy atom. The van der Waals surface area contributed by atoms with Crippen molar-refractivity contribution < 1.29 is 9.53 Å². The lowest BCUT2D eigenvalue weighted by molar-refractivity contribution is 0.111. The van der Waals surface area contributed by atoms with Crippen LogP contribution in [0.15, 0.2) is 24.3 Å². The molecular formula is C17H27N3O2. The molecule has 2 amide bonds. The molecule has 5 heteroatoms. The average molecular weight is 305 g/mol. The maximum atomic E-state index is 11.8. The zero-order valence-electron chi connectivity index (χ0n) is 13.6. The Morgan fingerprint density at radius 1 is 1.36 bits per heavy atom. The third kappa shape index (κ3) is 5.66. The molecule has 0 bridgehead atoms. The molecule has 22 heavy (non-hydrogen) atoms. The number of rotatable bonds is 7. The summed E-state index contributed by atoms with van der Waals surface area (Å²) in [6.07, 6.45) is 2.30. The molecule has 0 aromatic heterocycles. The van der Waals surface area contributed by atoms with Gasteiger partial charge in [0.1, 0.15) is 0 Å². The number of carbonyl (C=O) groups is 1. The maximum absolute atomic E-state index is 11.8. The van der Waals surface area contributed by atoms with Gasteiger partial charge in [0, 0.05) is 26.2 Å². The van der Waals surface area contributed by atoms with Crippen molar-refractivity contribution in [3.05, 3.63) is 35.4 Å². The highest BCUT2D eigenvalue weighted by atomic mass is 16.5. The van der Waals surface area contributed by atoms with Gasteiger partial charge in [-0.25, -0.2) is 4.79 Å². The number of hydrogen-bond acceptors (Lipinski definition) is 3. The van der Waals surface area contributed by atoms with Crippen molar-refractivity contribution in [2.45, 2.75) is 39.0 Å². The predicted molar refractivity (Wildman–Crippen MR) is 87.7 cm³/mol. The fraction of sp³-hybridized carbons (Fsp3) is 0.588. The van der Waals surface area contributed by atoms with Gasteiger partial charge >= 0.3 is 6.03 Å². The fourth-order valence-corrected chi connectivity index (χ4v) is 2.52. The first-order valence-electron chi connectivity index (χ1n) is 8.07. The maximum Gasteiger partial charge on any atom is 0.315 e. The number of amides is 2. The van der Waals surface area contributed by atoms with Crippen LogP contribution in [0.5, 0.6) is 0 Å². The van der Waals surface area contributed by atoms with Crippen LogP contribution in [0.25, 0.3) is 0 Å². The second-order valence-electron chi connectivity index (χ2n) is 5.85. The van der Waals surface area contributed by atoms with E-state index in [1.54, 1.807) is 0 Å². The number of urea groups is 1. The van der Waals surface area contributed by atoms with Crippen molar-refractivity contribution in [3.8, 4) is 0 Å². The van der Waals surface area contributed by atoms with Crippen LogP contribution >= 0.6 is 0 Å². The lowest BCUT2D eigenvalue weighted by atomic mass is 10.1. The van der Waals surface area contributed by atoms with Gasteiger partial charge < -0.3 is 20.3 Å². The smallest absolute Gasteiger partial charge is 0.315 e. The first-order valence-corrected chi connectivity index (χ1v) is 8.07. The Bertz CT molecular complexity index is 473. The number of nitrogens with one attached hydrogen (secondary N) is 2. The number of nitrogens with zero attached hydrogens (tertiary/aromatic N) is 1. The van der Waals surface area contributed by atoms with Crippen LogP contribution in [-0.2, 0) is 17.8 Å². The quantitative estimate of drug-likeness (QED) is 0.811. The van der Waals surface area contributed by atoms with Gasteiger partial charge in [0.15, 0.2) is 0 Å². The highest BCUT2D eigenvalue weighted by molar-refractivity contribution is 5.73. The van der Waals surface area contributed by atoms with Crippen molar-refractivity contribution in [1.29, 1.82) is 0 Å². The Balaban J connectivity index is 1.73. The largest absolute Gasteiger partial charge is 0.376 e. The van der Waals surface area contributed by atoms with E-state index in [2.05, 4.69) is 41.6 Å². The molecule has 1 heterocycles. The Hall–Kier alpha value is -1.59. The van der Waals surface area contributed by atoms with Crippen LogP contribution < -0.4 is 10.6 Å². The standard InChI is InChI=1S/C17H27N3O2/c1-3-20(2)13-15-7-4-6-14(10-15)11-18-17(21)19-12-16-8-5-9-22-16/h4,6-7,10,16H,3,5,8-9,11-13H2,1-2H3,(H2,18,19,21)/t16-/m1/s1. The number of carbonyl (C=O) groups excluding carboxylic acids is 1. The molecule has 1 atom stereocenters. The van der Waals surface area contributed by atoms with E-state index in [9.17, 15) is 4.79 Å². The first kappa shape index (κ1) is 16.8. The Labute approximate surface area is 133 Å². The van der Waals surface area contributed by atoms with E-state index in [1.807, 2.05) is 12.1 Å². The molecule has 1 aromatic carbocycles. The first-order chi connectivity index (χ1) is 10.7. The molecule has 1 saturated heterocycles. The van der Waals surface area contributed by atoms with E-state index in [4.69, 9.17) is 4.74 Å². The van der Waals surface area contributed by atoms with Crippen molar-refractivity contribution in [2.24, 2.45) is 0 Å². The summed E-state index contributed by atoms with van der Waals surface area (Å²) >= 11 is 0. The highest BCUT2D eigenvalue weighted by Crippen LogP contribution is 2.10. The molecular weight excluding hydrogens is 278 g/mol. The van der Waals surface area contributed by atoms with Crippen molar-refractivity contribution >= 4 is 6.03 Å². The van der Waals surface area contributed by atoms with Gasteiger partial charge in [-0.1, -0.05) is 31.2 Å². The summed E-state index contributed by atoms with van der Waals surface area (Å²) in [7, 11) is 2.10. The summed E-state index contributed by atoms with van der Waals surface area (Å²) < 4.78 is 5.48. The lowest BCUT2D eigenvalue weighted by Gasteiger charge is -2.15. The van der Waals surface area contributed by atoms with E-state index >= 15 is 0 Å². The summed E-state index contributed by atoms with van der Waals surface area (Å²) in [5.41, 5.74) is 2.39. The molecule has 0 spiro atoms. The highest BCUT2D eigenvalue weighted by Gasteiger charge is 2.15. The molecule has 2 N–H and O–H groups in total. The van der Waals surface area contributed by atoms with Gasteiger partial charge in [0.2, 0.25) is 0 Å². The van der Waals surface area contributed by atoms with Crippen LogP contribution in [-0.4, -0.2) is 43.8 Å². The zero-order valence-corrected chi connectivity index (χ0v) is 13.6. The molecule has 1 aliphatic heterocycles. The van der Waals surface area contributed by atoms with Crippen molar-refractivity contribution in [1.82, 2.24) is 15.5 Å². The minimum absolute atomic E-state index is 0.133. The van der Waals surface area contributed by atoms with Gasteiger partial charge in [0.25, 0.3) is 0 Å². The second kappa shape index (κ2) is 8.76. The number of ether oxygens (including phenoxy) is 1. The normalized spacial score (nSPS) is 17.7. The Morgan fingerprint density at radius 3 is 2.91 bits per heavy atom. The average Bonchev–Trinajstić information content (AvgIpc) is 3.04. The van der Waals surface area contributed by atoms with Crippen LogP contribution in [0.3, 0.4) is 0 Å². The zero-order chi connectivity index (χ0) is 15.8. The summed E-state index contributed by atoms with van der Waals surface area (Å²) in [4.78, 5) is 14.0. The molecule has 1 aromatic rings. The van der Waals surface area contributed by atoms with Crippen LogP contribution in [0.4, 0.5) is 4.79 Å².